The molecule has 30 heavy (non-hydrogen) atoms. The van der Waals surface area contributed by atoms with Crippen LogP contribution in [0.25, 0.3) is 0 Å². The summed E-state index contributed by atoms with van der Waals surface area (Å²) in [5.41, 5.74) is -0.246. The molecular formula is C19H18ClF3N4O3. The number of nitrogens with zero attached hydrogens (tertiary/aromatic N) is 3. The van der Waals surface area contributed by atoms with Crippen LogP contribution >= 0.6 is 11.6 Å². The number of piperazine rings is 1. The number of nitro benzene ring substituents is 1. The maximum Gasteiger partial charge on any atom is 0.416 e. The van der Waals surface area contributed by atoms with Crippen molar-refractivity contribution in [3.05, 3.63) is 63.2 Å². The van der Waals surface area contributed by atoms with E-state index in [1.165, 1.54) is 24.3 Å². The molecule has 160 valence electrons. The predicted molar refractivity (Wildman–Crippen MR) is 107 cm³/mol. The van der Waals surface area contributed by atoms with Crippen LogP contribution < -0.4 is 10.2 Å². The highest BCUT2D eigenvalue weighted by atomic mass is 35.5. The first-order valence-electron chi connectivity index (χ1n) is 9.02. The van der Waals surface area contributed by atoms with Gasteiger partial charge in [-0.05, 0) is 30.3 Å². The van der Waals surface area contributed by atoms with Crippen molar-refractivity contribution in [3.8, 4) is 0 Å². The molecule has 0 spiro atoms. The molecule has 2 aromatic rings. The minimum Gasteiger partial charge on any atom is -0.369 e. The molecule has 0 aromatic heterocycles. The number of benzene rings is 2. The van der Waals surface area contributed by atoms with E-state index in [1.54, 1.807) is 6.07 Å². The Hall–Kier alpha value is -2.85. The molecule has 0 saturated carbocycles. The van der Waals surface area contributed by atoms with Crippen molar-refractivity contribution >= 4 is 34.6 Å². The molecule has 1 N–H and O–H groups in total. The van der Waals surface area contributed by atoms with E-state index < -0.39 is 16.7 Å². The summed E-state index contributed by atoms with van der Waals surface area (Å²) in [4.78, 5) is 26.3. The Bertz CT molecular complexity index is 947. The second-order valence-corrected chi connectivity index (χ2v) is 7.19. The maximum atomic E-state index is 12.9. The van der Waals surface area contributed by atoms with Gasteiger partial charge in [0.1, 0.15) is 5.02 Å². The van der Waals surface area contributed by atoms with E-state index in [0.29, 0.717) is 31.9 Å². The smallest absolute Gasteiger partial charge is 0.369 e. The van der Waals surface area contributed by atoms with E-state index >= 15 is 0 Å². The highest BCUT2D eigenvalue weighted by Gasteiger charge is 2.31. The number of rotatable bonds is 5. The Morgan fingerprint density at radius 2 is 1.83 bits per heavy atom. The van der Waals surface area contributed by atoms with Gasteiger partial charge >= 0.3 is 6.18 Å². The van der Waals surface area contributed by atoms with Crippen molar-refractivity contribution in [3.63, 3.8) is 0 Å². The Labute approximate surface area is 175 Å². The van der Waals surface area contributed by atoms with Crippen molar-refractivity contribution in [2.24, 2.45) is 0 Å². The molecule has 1 amide bonds. The fourth-order valence-electron chi connectivity index (χ4n) is 3.18. The molecule has 7 nitrogen and oxygen atoms in total. The van der Waals surface area contributed by atoms with Gasteiger partial charge in [0.15, 0.2) is 0 Å². The lowest BCUT2D eigenvalue weighted by molar-refractivity contribution is -0.384. The van der Waals surface area contributed by atoms with Crippen LogP contribution in [0.4, 0.5) is 30.2 Å². The molecule has 0 bridgehead atoms. The molecule has 0 atom stereocenters. The molecule has 0 aliphatic carbocycles. The lowest BCUT2D eigenvalue weighted by atomic mass is 10.1. The standard InChI is InChI=1S/C19H18ClF3N4O3/c20-16-5-4-14(11-17(16)27(29)30)24-18(28)12-25-6-8-26(9-7-25)15-3-1-2-13(10-15)19(21,22)23/h1-5,10-11H,6-9,12H2,(H,24,28). The van der Waals surface area contributed by atoms with Crippen LogP contribution in [0.5, 0.6) is 0 Å². The van der Waals surface area contributed by atoms with Gasteiger partial charge in [-0.25, -0.2) is 0 Å². The lowest BCUT2D eigenvalue weighted by Crippen LogP contribution is -2.48. The third-order valence-corrected chi connectivity index (χ3v) is 5.02. The van der Waals surface area contributed by atoms with Crippen molar-refractivity contribution in [2.45, 2.75) is 6.18 Å². The quantitative estimate of drug-likeness (QED) is 0.558. The van der Waals surface area contributed by atoms with Crippen LogP contribution in [0.3, 0.4) is 0 Å². The number of carbonyl (C=O) groups is 1. The minimum atomic E-state index is -4.40. The van der Waals surface area contributed by atoms with E-state index in [4.69, 9.17) is 11.6 Å². The topological polar surface area (TPSA) is 78.7 Å². The fourth-order valence-corrected chi connectivity index (χ4v) is 3.36. The minimum absolute atomic E-state index is 0.0243. The van der Waals surface area contributed by atoms with Gasteiger partial charge in [-0.2, -0.15) is 13.2 Å². The summed E-state index contributed by atoms with van der Waals surface area (Å²) >= 11 is 5.75. The molecule has 0 unspecified atom stereocenters. The summed E-state index contributed by atoms with van der Waals surface area (Å²) in [6.45, 7) is 1.99. The predicted octanol–water partition coefficient (Wildman–Crippen LogP) is 4.03. The van der Waals surface area contributed by atoms with Gasteiger partial charge in [-0.15, -0.1) is 0 Å². The first-order valence-corrected chi connectivity index (χ1v) is 9.39. The molecule has 1 saturated heterocycles. The van der Waals surface area contributed by atoms with Gasteiger partial charge in [0.2, 0.25) is 5.91 Å². The van der Waals surface area contributed by atoms with Crippen molar-refractivity contribution in [1.29, 1.82) is 0 Å². The first kappa shape index (κ1) is 21.8. The molecule has 1 aliphatic rings. The molecule has 1 aliphatic heterocycles. The Morgan fingerprint density at radius 1 is 1.13 bits per heavy atom. The van der Waals surface area contributed by atoms with E-state index in [1.807, 2.05) is 9.80 Å². The largest absolute Gasteiger partial charge is 0.416 e. The van der Waals surface area contributed by atoms with Crippen LogP contribution in [0.15, 0.2) is 42.5 Å². The Kier molecular flexibility index (Phi) is 6.47. The van der Waals surface area contributed by atoms with Crippen LogP contribution in [0, 0.1) is 10.1 Å². The average Bonchev–Trinajstić information content (AvgIpc) is 2.69. The van der Waals surface area contributed by atoms with Gasteiger partial charge in [0.05, 0.1) is 17.0 Å². The number of amides is 1. The Balaban J connectivity index is 1.54. The Morgan fingerprint density at radius 3 is 2.47 bits per heavy atom. The molecule has 1 fully saturated rings. The van der Waals surface area contributed by atoms with E-state index in [2.05, 4.69) is 5.32 Å². The van der Waals surface area contributed by atoms with Crippen molar-refractivity contribution < 1.29 is 22.9 Å². The summed E-state index contributed by atoms with van der Waals surface area (Å²) in [7, 11) is 0. The summed E-state index contributed by atoms with van der Waals surface area (Å²) in [5.74, 6) is -0.348. The maximum absolute atomic E-state index is 12.9. The number of hydrogen-bond donors (Lipinski definition) is 1. The third kappa shape index (κ3) is 5.39. The highest BCUT2D eigenvalue weighted by Crippen LogP contribution is 2.32. The number of hydrogen-bond acceptors (Lipinski definition) is 5. The number of nitrogens with one attached hydrogen (secondary N) is 1. The average molecular weight is 443 g/mol. The van der Waals surface area contributed by atoms with E-state index in [0.717, 1.165) is 12.1 Å². The highest BCUT2D eigenvalue weighted by molar-refractivity contribution is 6.32. The van der Waals surface area contributed by atoms with Crippen LogP contribution in [0.2, 0.25) is 5.02 Å². The second kappa shape index (κ2) is 8.88. The lowest BCUT2D eigenvalue weighted by Gasteiger charge is -2.36. The molecule has 2 aromatic carbocycles. The van der Waals surface area contributed by atoms with Gasteiger partial charge < -0.3 is 10.2 Å². The van der Waals surface area contributed by atoms with Crippen LogP contribution in [-0.2, 0) is 11.0 Å². The third-order valence-electron chi connectivity index (χ3n) is 4.70. The molecule has 1 heterocycles. The number of carbonyl (C=O) groups excluding carboxylic acids is 1. The summed E-state index contributed by atoms with van der Waals surface area (Å²) in [6, 6.07) is 9.16. The zero-order chi connectivity index (χ0) is 21.9. The van der Waals surface area contributed by atoms with Crippen LogP contribution in [-0.4, -0.2) is 48.5 Å². The second-order valence-electron chi connectivity index (χ2n) is 6.78. The fraction of sp³-hybridized carbons (Fsp3) is 0.316. The number of halogens is 4. The summed E-state index contributed by atoms with van der Waals surface area (Å²) < 4.78 is 38.7. The number of nitro groups is 1. The van der Waals surface area contributed by atoms with Gasteiger partial charge in [0, 0.05) is 43.6 Å². The van der Waals surface area contributed by atoms with E-state index in [9.17, 15) is 28.1 Å². The molecule has 11 heteroatoms. The van der Waals surface area contributed by atoms with Crippen molar-refractivity contribution in [1.82, 2.24) is 4.90 Å². The normalized spacial score (nSPS) is 15.1. The molecule has 3 rings (SSSR count). The van der Waals surface area contributed by atoms with Gasteiger partial charge in [0.25, 0.3) is 5.69 Å². The summed E-state index contributed by atoms with van der Waals surface area (Å²) in [6.07, 6.45) is -4.40. The molecule has 0 radical (unpaired) electrons. The number of alkyl halides is 3. The van der Waals surface area contributed by atoms with Gasteiger partial charge in [-0.1, -0.05) is 17.7 Å². The van der Waals surface area contributed by atoms with Gasteiger partial charge in [-0.3, -0.25) is 19.8 Å². The zero-order valence-corrected chi connectivity index (χ0v) is 16.4. The zero-order valence-electron chi connectivity index (χ0n) is 15.7. The van der Waals surface area contributed by atoms with E-state index in [-0.39, 0.29) is 28.8 Å². The van der Waals surface area contributed by atoms with Crippen molar-refractivity contribution in [2.75, 3.05) is 42.9 Å². The van der Waals surface area contributed by atoms with Crippen LogP contribution in [0.1, 0.15) is 5.56 Å². The number of anilines is 2. The SMILES string of the molecule is O=C(CN1CCN(c2cccc(C(F)(F)F)c2)CC1)Nc1ccc(Cl)c([N+](=O)[O-])c1. The monoisotopic (exact) mass is 442 g/mol. The first-order chi connectivity index (χ1) is 14.1. The summed E-state index contributed by atoms with van der Waals surface area (Å²) in [5, 5.41) is 13.5. The molecular weight excluding hydrogens is 425 g/mol.